The number of nitrogens with one attached hydrogen (secondary N) is 2. The molecule has 6 rings (SSSR count). The smallest absolute Gasteiger partial charge is 0.287 e. The maximum Gasteiger partial charge on any atom is 0.287 e. The second-order valence-electron chi connectivity index (χ2n) is 15.0. The molecule has 2 aliphatic heterocycles. The molecule has 4 amide bonds. The fraction of sp³-hybridized carbons (Fsp3) is 0.528. The minimum atomic E-state index is -3.80. The molecule has 0 spiro atoms. The maximum absolute atomic E-state index is 14.8. The molecular weight excluding hydrogens is 691 g/mol. The summed E-state index contributed by atoms with van der Waals surface area (Å²) < 4.78 is 26.6. The van der Waals surface area contributed by atoms with Crippen molar-refractivity contribution < 1.29 is 37.5 Å². The molecule has 1 aliphatic carbocycles. The molecule has 4 atom stereocenters. The van der Waals surface area contributed by atoms with Gasteiger partial charge in [-0.3, -0.25) is 24.0 Å². The van der Waals surface area contributed by atoms with E-state index in [9.17, 15) is 37.5 Å². The first kappa shape index (κ1) is 37.1. The van der Waals surface area contributed by atoms with E-state index in [0.29, 0.717) is 17.7 Å². The van der Waals surface area contributed by atoms with Gasteiger partial charge in [-0.2, -0.15) is 0 Å². The van der Waals surface area contributed by atoms with Gasteiger partial charge >= 0.3 is 0 Å². The van der Waals surface area contributed by atoms with E-state index in [-0.39, 0.29) is 25.3 Å². The van der Waals surface area contributed by atoms with Gasteiger partial charge in [0.15, 0.2) is 9.84 Å². The molecule has 2 saturated heterocycles. The molecule has 3 aromatic rings. The van der Waals surface area contributed by atoms with Crippen LogP contribution in [-0.4, -0.2) is 98.5 Å². The van der Waals surface area contributed by atoms with Gasteiger partial charge < -0.3 is 26.4 Å². The second-order valence-corrected chi connectivity index (χ2v) is 17.1. The summed E-state index contributed by atoms with van der Waals surface area (Å²) in [4.78, 5) is 69.3. The van der Waals surface area contributed by atoms with Crippen molar-refractivity contribution in [2.75, 3.05) is 18.1 Å². The normalized spacial score (nSPS) is 24.0. The molecule has 0 bridgehead atoms. The lowest BCUT2D eigenvalue weighted by Gasteiger charge is -2.33. The number of nitrogens with zero attached hydrogens (tertiary/aromatic N) is 4. The summed E-state index contributed by atoms with van der Waals surface area (Å²) in [6, 6.07) is 9.88. The quantitative estimate of drug-likeness (QED) is 0.207. The van der Waals surface area contributed by atoms with Crippen LogP contribution in [0.3, 0.4) is 0 Å². The van der Waals surface area contributed by atoms with Gasteiger partial charge in [0.2, 0.25) is 17.6 Å². The molecule has 278 valence electrons. The van der Waals surface area contributed by atoms with Crippen LogP contribution >= 0.6 is 0 Å². The summed E-state index contributed by atoms with van der Waals surface area (Å²) in [6.45, 7) is 3.02. The fourth-order valence-corrected chi connectivity index (χ4v) is 9.83. The number of rotatable bonds is 11. The lowest BCUT2D eigenvalue weighted by molar-refractivity contribution is -0.144. The highest BCUT2D eigenvalue weighted by Crippen LogP contribution is 2.35. The summed E-state index contributed by atoms with van der Waals surface area (Å²) in [7, 11) is -3.80. The minimum Gasteiger partial charge on any atom is -0.384 e. The number of sulfone groups is 1. The van der Waals surface area contributed by atoms with Crippen molar-refractivity contribution in [1.82, 2.24) is 30.5 Å². The van der Waals surface area contributed by atoms with Gasteiger partial charge in [0.25, 0.3) is 11.8 Å². The van der Waals surface area contributed by atoms with Gasteiger partial charge in [0, 0.05) is 18.5 Å². The average Bonchev–Trinajstić information content (AvgIpc) is 3.85. The number of ketones is 1. The van der Waals surface area contributed by atoms with Crippen LogP contribution in [0.25, 0.3) is 10.8 Å². The number of carbonyl (C=O) groups excluding carboxylic acids is 5. The molecule has 1 saturated carbocycles. The molecule has 0 radical (unpaired) electrons. The summed E-state index contributed by atoms with van der Waals surface area (Å²) in [5, 5.41) is 26.3. The number of Topliss-reactive ketones (excluding diaryl/α,β-unsaturated/α-hetero) is 1. The van der Waals surface area contributed by atoms with Crippen LogP contribution in [-0.2, 0) is 34.6 Å². The molecule has 2 aromatic carbocycles. The minimum absolute atomic E-state index is 0.0492. The number of carbonyl (C=O) groups is 5. The number of benzene rings is 2. The SMILES string of the molecule is CC(C)(O)c1cnnn1[C@H]1C[C@@H](C(=O)NC2(C(=O)C(N)=O)CCS(=O)(=O)C2)N(C(=O)[C@@H](CC2CCCCC2)NC(=O)c2ccc3ccccc3c2)C1. The first-order valence-electron chi connectivity index (χ1n) is 17.7. The van der Waals surface area contributed by atoms with Gasteiger partial charge in [-0.1, -0.05) is 67.6 Å². The van der Waals surface area contributed by atoms with Gasteiger partial charge in [-0.25, -0.2) is 13.1 Å². The number of amides is 4. The molecule has 1 unspecified atom stereocenters. The van der Waals surface area contributed by atoms with E-state index in [1.807, 2.05) is 30.3 Å². The Morgan fingerprint density at radius 1 is 1.06 bits per heavy atom. The zero-order valence-corrected chi connectivity index (χ0v) is 30.1. The molecule has 3 heterocycles. The molecule has 52 heavy (non-hydrogen) atoms. The van der Waals surface area contributed by atoms with Gasteiger partial charge in [0.05, 0.1) is 29.4 Å². The van der Waals surface area contributed by atoms with E-state index in [2.05, 4.69) is 20.9 Å². The Balaban J connectivity index is 1.34. The van der Waals surface area contributed by atoms with Gasteiger partial charge in [0.1, 0.15) is 23.2 Å². The Morgan fingerprint density at radius 2 is 1.77 bits per heavy atom. The van der Waals surface area contributed by atoms with Crippen LogP contribution in [0.1, 0.15) is 87.3 Å². The second kappa shape index (κ2) is 14.4. The topological polar surface area (TPSA) is 224 Å². The van der Waals surface area contributed by atoms with Crippen LogP contribution in [0, 0.1) is 5.92 Å². The lowest BCUT2D eigenvalue weighted by atomic mass is 9.84. The number of fused-ring (bicyclic) bond motifs is 1. The van der Waals surface area contributed by atoms with Crippen LogP contribution in [0.4, 0.5) is 0 Å². The lowest BCUT2D eigenvalue weighted by Crippen LogP contribution is -2.63. The Labute approximate surface area is 301 Å². The molecule has 3 aliphatic rings. The Bertz CT molecular complexity index is 2000. The highest BCUT2D eigenvalue weighted by molar-refractivity contribution is 7.91. The van der Waals surface area contributed by atoms with E-state index >= 15 is 0 Å². The number of hydrogen-bond donors (Lipinski definition) is 4. The van der Waals surface area contributed by atoms with Crippen molar-refractivity contribution in [2.45, 2.75) is 94.5 Å². The summed E-state index contributed by atoms with van der Waals surface area (Å²) in [6.07, 6.45) is 6.13. The Hall–Kier alpha value is -4.70. The summed E-state index contributed by atoms with van der Waals surface area (Å²) in [5.41, 5.74) is 2.53. The Morgan fingerprint density at radius 3 is 2.42 bits per heavy atom. The monoisotopic (exact) mass is 735 g/mol. The third-order valence-corrected chi connectivity index (χ3v) is 12.4. The molecule has 1 aromatic heterocycles. The van der Waals surface area contributed by atoms with E-state index in [1.165, 1.54) is 15.8 Å². The van der Waals surface area contributed by atoms with Crippen molar-refractivity contribution >= 4 is 50.0 Å². The van der Waals surface area contributed by atoms with Crippen LogP contribution < -0.4 is 16.4 Å². The van der Waals surface area contributed by atoms with Gasteiger partial charge in [-0.05, 0) is 55.5 Å². The first-order valence-corrected chi connectivity index (χ1v) is 19.5. The third-order valence-electron chi connectivity index (χ3n) is 10.6. The van der Waals surface area contributed by atoms with Crippen LogP contribution in [0.5, 0.6) is 0 Å². The predicted octanol–water partition coefficient (Wildman–Crippen LogP) is 1.30. The number of nitrogens with two attached hydrogens (primary N) is 1. The van der Waals surface area contributed by atoms with Crippen molar-refractivity contribution in [3.05, 3.63) is 59.9 Å². The maximum atomic E-state index is 14.8. The van der Waals surface area contributed by atoms with E-state index in [0.717, 1.165) is 42.9 Å². The van der Waals surface area contributed by atoms with E-state index < -0.39 is 80.0 Å². The van der Waals surface area contributed by atoms with Crippen molar-refractivity contribution in [3.8, 4) is 0 Å². The highest BCUT2D eigenvalue weighted by atomic mass is 32.2. The summed E-state index contributed by atoms with van der Waals surface area (Å²) >= 11 is 0. The zero-order chi connectivity index (χ0) is 37.4. The van der Waals surface area contributed by atoms with E-state index in [1.54, 1.807) is 26.0 Å². The van der Waals surface area contributed by atoms with Crippen LogP contribution in [0.2, 0.25) is 0 Å². The van der Waals surface area contributed by atoms with Crippen molar-refractivity contribution in [2.24, 2.45) is 11.7 Å². The molecule has 15 nitrogen and oxygen atoms in total. The Kier molecular flexibility index (Phi) is 10.2. The first-order chi connectivity index (χ1) is 24.6. The zero-order valence-electron chi connectivity index (χ0n) is 29.3. The predicted molar refractivity (Wildman–Crippen MR) is 189 cm³/mol. The van der Waals surface area contributed by atoms with Gasteiger partial charge in [-0.15, -0.1) is 5.10 Å². The molecule has 3 fully saturated rings. The fourth-order valence-electron chi connectivity index (χ4n) is 7.92. The summed E-state index contributed by atoms with van der Waals surface area (Å²) in [5.74, 6) is -5.60. The average molecular weight is 736 g/mol. The van der Waals surface area contributed by atoms with Crippen molar-refractivity contribution in [1.29, 1.82) is 0 Å². The third kappa shape index (κ3) is 7.72. The number of aromatic nitrogens is 3. The van der Waals surface area contributed by atoms with Crippen LogP contribution in [0.15, 0.2) is 48.7 Å². The number of aliphatic hydroxyl groups is 1. The number of likely N-dealkylation sites (tertiary alicyclic amines) is 1. The number of hydrogen-bond acceptors (Lipinski definition) is 10. The molecule has 5 N–H and O–H groups in total. The highest BCUT2D eigenvalue weighted by Gasteiger charge is 2.53. The van der Waals surface area contributed by atoms with Crippen molar-refractivity contribution in [3.63, 3.8) is 0 Å². The molecular formula is C36H45N7O8S. The van der Waals surface area contributed by atoms with E-state index in [4.69, 9.17) is 5.73 Å². The number of primary amides is 1. The standard InChI is InChI=1S/C36H45N7O8S/c1-35(2,49)29-19-38-41-43(29)26-18-28(33(47)40-36(30(44)31(37)45)14-15-52(50,51)21-36)42(20-26)34(48)27(16-22-8-4-3-5-9-22)39-32(46)25-13-12-23-10-6-7-11-24(23)17-25/h6-7,10-13,17,19,22,26-28,49H,3-5,8-9,14-16,18,20-21H2,1-2H3,(H2,37,45)(H,39,46)(H,40,47)/t26-,27+,28-,36?/m0/s1. The molecule has 16 heteroatoms. The largest absolute Gasteiger partial charge is 0.384 e.